The Kier molecular flexibility index (Phi) is 3.28. The van der Waals surface area contributed by atoms with Gasteiger partial charge >= 0.3 is 0 Å². The van der Waals surface area contributed by atoms with Crippen molar-refractivity contribution in [3.63, 3.8) is 0 Å². The van der Waals surface area contributed by atoms with E-state index in [1.165, 1.54) is 0 Å². The summed E-state index contributed by atoms with van der Waals surface area (Å²) in [5.74, 6) is -0.205. The monoisotopic (exact) mass is 192 g/mol. The van der Waals surface area contributed by atoms with Crippen LogP contribution in [0.2, 0.25) is 0 Å². The molecular weight excluding hydrogens is 174 g/mol. The van der Waals surface area contributed by atoms with E-state index in [-0.39, 0.29) is 11.3 Å². The molecular formula is C10H18F2O. The molecule has 1 saturated carbocycles. The van der Waals surface area contributed by atoms with Gasteiger partial charge < -0.3 is 5.11 Å². The zero-order chi connectivity index (χ0) is 10.1. The van der Waals surface area contributed by atoms with Gasteiger partial charge in [-0.1, -0.05) is 20.3 Å². The van der Waals surface area contributed by atoms with E-state index in [9.17, 15) is 13.9 Å². The normalized spacial score (nSPS) is 30.5. The van der Waals surface area contributed by atoms with Crippen molar-refractivity contribution in [1.29, 1.82) is 0 Å². The Labute approximate surface area is 78.1 Å². The van der Waals surface area contributed by atoms with Crippen LogP contribution in [0, 0.1) is 11.3 Å². The molecule has 1 nitrogen and oxygen atoms in total. The SMILES string of the molecule is CC1(C)CCCC(C(O)C(F)F)C1. The van der Waals surface area contributed by atoms with Crippen molar-refractivity contribution in [2.24, 2.45) is 11.3 Å². The number of alkyl halides is 2. The number of rotatable bonds is 2. The predicted molar refractivity (Wildman–Crippen MR) is 47.7 cm³/mol. The molecule has 0 amide bonds. The average molecular weight is 192 g/mol. The Morgan fingerprint density at radius 3 is 2.46 bits per heavy atom. The predicted octanol–water partition coefficient (Wildman–Crippen LogP) is 2.83. The fourth-order valence-corrected chi connectivity index (χ4v) is 2.25. The highest BCUT2D eigenvalue weighted by atomic mass is 19.3. The zero-order valence-electron chi connectivity index (χ0n) is 8.26. The summed E-state index contributed by atoms with van der Waals surface area (Å²) in [7, 11) is 0. The molecule has 2 atom stereocenters. The second-order valence-electron chi connectivity index (χ2n) is 4.85. The van der Waals surface area contributed by atoms with Gasteiger partial charge in [0.25, 0.3) is 6.43 Å². The molecule has 0 saturated heterocycles. The molecule has 1 fully saturated rings. The average Bonchev–Trinajstić information content (AvgIpc) is 2.01. The summed E-state index contributed by atoms with van der Waals surface area (Å²) in [4.78, 5) is 0. The Morgan fingerprint density at radius 2 is 2.00 bits per heavy atom. The summed E-state index contributed by atoms with van der Waals surface area (Å²) in [6.07, 6.45) is -0.493. The van der Waals surface area contributed by atoms with Gasteiger partial charge in [-0.25, -0.2) is 8.78 Å². The Balaban J connectivity index is 2.51. The van der Waals surface area contributed by atoms with Crippen molar-refractivity contribution in [3.8, 4) is 0 Å². The lowest BCUT2D eigenvalue weighted by atomic mass is 9.70. The zero-order valence-corrected chi connectivity index (χ0v) is 8.26. The number of aliphatic hydroxyl groups excluding tert-OH is 1. The van der Waals surface area contributed by atoms with E-state index >= 15 is 0 Å². The summed E-state index contributed by atoms with van der Waals surface area (Å²) in [5.41, 5.74) is 0.124. The molecule has 0 aliphatic heterocycles. The lowest BCUT2D eigenvalue weighted by Crippen LogP contribution is -2.34. The topological polar surface area (TPSA) is 20.2 Å². The third-order valence-corrected chi connectivity index (χ3v) is 2.98. The van der Waals surface area contributed by atoms with Crippen molar-refractivity contribution >= 4 is 0 Å². The molecule has 0 aromatic carbocycles. The van der Waals surface area contributed by atoms with Crippen LogP contribution >= 0.6 is 0 Å². The standard InChI is InChI=1S/C10H18F2O/c1-10(2)5-3-4-7(6-10)8(13)9(11)12/h7-9,13H,3-6H2,1-2H3. The molecule has 0 bridgehead atoms. The lowest BCUT2D eigenvalue weighted by Gasteiger charge is -2.37. The molecule has 0 heterocycles. The second kappa shape index (κ2) is 3.91. The van der Waals surface area contributed by atoms with Crippen LogP contribution in [0.4, 0.5) is 8.78 Å². The maximum absolute atomic E-state index is 12.2. The van der Waals surface area contributed by atoms with E-state index in [1.807, 2.05) is 0 Å². The molecule has 2 unspecified atom stereocenters. The highest BCUT2D eigenvalue weighted by Gasteiger charge is 2.35. The maximum Gasteiger partial charge on any atom is 0.264 e. The minimum Gasteiger partial charge on any atom is -0.387 e. The van der Waals surface area contributed by atoms with Crippen LogP contribution in [-0.2, 0) is 0 Å². The molecule has 0 aromatic rings. The van der Waals surface area contributed by atoms with Crippen LogP contribution in [0.1, 0.15) is 39.5 Å². The summed E-state index contributed by atoms with van der Waals surface area (Å²) in [6.45, 7) is 4.16. The van der Waals surface area contributed by atoms with Gasteiger partial charge in [0.1, 0.15) is 6.10 Å². The highest BCUT2D eigenvalue weighted by Crippen LogP contribution is 2.40. The van der Waals surface area contributed by atoms with Gasteiger partial charge in [0.2, 0.25) is 0 Å². The van der Waals surface area contributed by atoms with Crippen LogP contribution in [-0.4, -0.2) is 17.6 Å². The van der Waals surface area contributed by atoms with Crippen molar-refractivity contribution in [3.05, 3.63) is 0 Å². The van der Waals surface area contributed by atoms with Gasteiger partial charge in [0.05, 0.1) is 0 Å². The summed E-state index contributed by atoms with van der Waals surface area (Å²) < 4.78 is 24.4. The molecule has 0 radical (unpaired) electrons. The minimum absolute atomic E-state index is 0.124. The lowest BCUT2D eigenvalue weighted by molar-refractivity contribution is -0.0595. The fourth-order valence-electron chi connectivity index (χ4n) is 2.25. The van der Waals surface area contributed by atoms with Crippen molar-refractivity contribution in [1.82, 2.24) is 0 Å². The maximum atomic E-state index is 12.2. The van der Waals surface area contributed by atoms with E-state index in [2.05, 4.69) is 13.8 Å². The van der Waals surface area contributed by atoms with Gasteiger partial charge in [0.15, 0.2) is 0 Å². The minimum atomic E-state index is -2.58. The van der Waals surface area contributed by atoms with Crippen molar-refractivity contribution in [2.75, 3.05) is 0 Å². The van der Waals surface area contributed by atoms with Crippen LogP contribution in [0.3, 0.4) is 0 Å². The molecule has 1 aliphatic carbocycles. The third kappa shape index (κ3) is 2.90. The molecule has 0 aromatic heterocycles. The Bertz CT molecular complexity index is 168. The molecule has 0 spiro atoms. The van der Waals surface area contributed by atoms with Crippen molar-refractivity contribution in [2.45, 2.75) is 52.1 Å². The van der Waals surface area contributed by atoms with Crippen molar-refractivity contribution < 1.29 is 13.9 Å². The quantitative estimate of drug-likeness (QED) is 0.713. The molecule has 13 heavy (non-hydrogen) atoms. The van der Waals surface area contributed by atoms with Crippen LogP contribution in [0.25, 0.3) is 0 Å². The van der Waals surface area contributed by atoms with E-state index in [0.29, 0.717) is 0 Å². The van der Waals surface area contributed by atoms with Crippen LogP contribution in [0.15, 0.2) is 0 Å². The third-order valence-electron chi connectivity index (χ3n) is 2.98. The number of hydrogen-bond donors (Lipinski definition) is 1. The number of hydrogen-bond acceptors (Lipinski definition) is 1. The first kappa shape index (κ1) is 10.9. The van der Waals surface area contributed by atoms with Gasteiger partial charge in [-0.15, -0.1) is 0 Å². The van der Waals surface area contributed by atoms with E-state index in [1.54, 1.807) is 0 Å². The molecule has 78 valence electrons. The van der Waals surface area contributed by atoms with Crippen LogP contribution < -0.4 is 0 Å². The van der Waals surface area contributed by atoms with Crippen LogP contribution in [0.5, 0.6) is 0 Å². The number of aliphatic hydroxyl groups is 1. The summed E-state index contributed by atoms with van der Waals surface area (Å²) >= 11 is 0. The van der Waals surface area contributed by atoms with Gasteiger partial charge in [0, 0.05) is 0 Å². The molecule has 1 aliphatic rings. The first-order valence-corrected chi connectivity index (χ1v) is 4.88. The second-order valence-corrected chi connectivity index (χ2v) is 4.85. The van der Waals surface area contributed by atoms with Gasteiger partial charge in [-0.2, -0.15) is 0 Å². The van der Waals surface area contributed by atoms with Gasteiger partial charge in [-0.3, -0.25) is 0 Å². The Hall–Kier alpha value is -0.180. The van der Waals surface area contributed by atoms with E-state index < -0.39 is 12.5 Å². The number of halogens is 2. The summed E-state index contributed by atoms with van der Waals surface area (Å²) in [6, 6.07) is 0. The first-order chi connectivity index (χ1) is 5.92. The highest BCUT2D eigenvalue weighted by molar-refractivity contribution is 4.83. The summed E-state index contributed by atoms with van der Waals surface area (Å²) in [5, 5.41) is 9.23. The Morgan fingerprint density at radius 1 is 1.38 bits per heavy atom. The van der Waals surface area contributed by atoms with E-state index in [4.69, 9.17) is 0 Å². The smallest absolute Gasteiger partial charge is 0.264 e. The molecule has 1 rings (SSSR count). The fraction of sp³-hybridized carbons (Fsp3) is 1.00. The largest absolute Gasteiger partial charge is 0.387 e. The molecule has 3 heteroatoms. The first-order valence-electron chi connectivity index (χ1n) is 4.88. The van der Waals surface area contributed by atoms with Gasteiger partial charge in [-0.05, 0) is 30.6 Å². The van der Waals surface area contributed by atoms with E-state index in [0.717, 1.165) is 25.7 Å². The molecule has 1 N–H and O–H groups in total.